The highest BCUT2D eigenvalue weighted by Crippen LogP contribution is 2.26. The number of piperazine rings is 1. The molecular formula is C25H27F4N7O2. The van der Waals surface area contributed by atoms with Crippen molar-refractivity contribution >= 4 is 22.6 Å². The van der Waals surface area contributed by atoms with Gasteiger partial charge in [-0.05, 0) is 36.2 Å². The lowest BCUT2D eigenvalue weighted by Gasteiger charge is -2.36. The summed E-state index contributed by atoms with van der Waals surface area (Å²) in [4.78, 5) is 38.9. The van der Waals surface area contributed by atoms with Gasteiger partial charge in [0, 0.05) is 45.7 Å². The highest BCUT2D eigenvalue weighted by atomic mass is 19.3. The van der Waals surface area contributed by atoms with Gasteiger partial charge in [0.25, 0.3) is 17.4 Å². The zero-order valence-electron chi connectivity index (χ0n) is 20.7. The number of fused-ring (bicyclic) bond motifs is 1. The Kier molecular flexibility index (Phi) is 7.05. The number of alkyl halides is 2. The molecule has 2 aromatic heterocycles. The largest absolute Gasteiger partial charge is 0.365 e. The van der Waals surface area contributed by atoms with Crippen LogP contribution in [0.3, 0.4) is 0 Å². The molecule has 202 valence electrons. The zero-order chi connectivity index (χ0) is 27.0. The van der Waals surface area contributed by atoms with Gasteiger partial charge in [0.15, 0.2) is 5.82 Å². The maximum Gasteiger partial charge on any atom is 0.284 e. The van der Waals surface area contributed by atoms with E-state index in [4.69, 9.17) is 0 Å². The number of amides is 1. The molecule has 9 nitrogen and oxygen atoms in total. The van der Waals surface area contributed by atoms with Gasteiger partial charge in [-0.2, -0.15) is 4.39 Å². The number of H-pyrrole nitrogens is 1. The van der Waals surface area contributed by atoms with Gasteiger partial charge in [-0.3, -0.25) is 19.9 Å². The lowest BCUT2D eigenvalue weighted by molar-refractivity contribution is 0.00697. The SMILES string of the molecule is CCc1nc2c(F)cc(CN3CCN(c4ccc(C(=O)NN5CCC(F)(F)C5)nc4F)CC3)cc2[nH]c1=O. The molecule has 4 heterocycles. The van der Waals surface area contributed by atoms with Crippen LogP contribution in [0.1, 0.15) is 35.1 Å². The van der Waals surface area contributed by atoms with E-state index in [2.05, 4.69) is 25.3 Å². The van der Waals surface area contributed by atoms with Gasteiger partial charge in [0.05, 0.1) is 17.7 Å². The van der Waals surface area contributed by atoms with Crippen molar-refractivity contribution in [3.8, 4) is 0 Å². The Bertz CT molecular complexity index is 1420. The molecule has 2 fully saturated rings. The highest BCUT2D eigenvalue weighted by molar-refractivity contribution is 5.92. The second kappa shape index (κ2) is 10.3. The molecule has 0 radical (unpaired) electrons. The fraction of sp³-hybridized carbons (Fsp3) is 0.440. The third kappa shape index (κ3) is 5.48. The lowest BCUT2D eigenvalue weighted by atomic mass is 10.1. The first-order valence-corrected chi connectivity index (χ1v) is 12.4. The third-order valence-corrected chi connectivity index (χ3v) is 6.83. The van der Waals surface area contributed by atoms with Crippen LogP contribution in [0, 0.1) is 11.8 Å². The average Bonchev–Trinajstić information content (AvgIpc) is 3.22. The van der Waals surface area contributed by atoms with Crippen LogP contribution in [0.4, 0.5) is 23.2 Å². The molecule has 2 N–H and O–H groups in total. The fourth-order valence-electron chi connectivity index (χ4n) is 4.80. The Labute approximate surface area is 215 Å². The topological polar surface area (TPSA) is 97.5 Å². The predicted molar refractivity (Wildman–Crippen MR) is 132 cm³/mol. The van der Waals surface area contributed by atoms with E-state index < -0.39 is 30.1 Å². The summed E-state index contributed by atoms with van der Waals surface area (Å²) in [7, 11) is 0. The smallest absolute Gasteiger partial charge is 0.284 e. The van der Waals surface area contributed by atoms with E-state index in [1.807, 2.05) is 0 Å². The number of carbonyl (C=O) groups is 1. The normalized spacial score (nSPS) is 18.3. The maximum atomic E-state index is 14.8. The number of nitrogens with zero attached hydrogens (tertiary/aromatic N) is 5. The maximum absolute atomic E-state index is 14.8. The number of hydrazine groups is 1. The number of nitrogens with one attached hydrogen (secondary N) is 2. The van der Waals surface area contributed by atoms with Gasteiger partial charge in [-0.15, -0.1) is 0 Å². The van der Waals surface area contributed by atoms with Crippen molar-refractivity contribution in [3.05, 3.63) is 63.3 Å². The number of rotatable bonds is 6. The number of anilines is 1. The summed E-state index contributed by atoms with van der Waals surface area (Å²) in [6.45, 7) is 3.70. The minimum absolute atomic E-state index is 0.00401. The first-order valence-electron chi connectivity index (χ1n) is 12.4. The average molecular weight is 534 g/mol. The molecule has 38 heavy (non-hydrogen) atoms. The molecule has 5 rings (SSSR count). The molecule has 1 amide bonds. The summed E-state index contributed by atoms with van der Waals surface area (Å²) < 4.78 is 56.1. The van der Waals surface area contributed by atoms with E-state index in [9.17, 15) is 27.2 Å². The molecule has 2 aliphatic rings. The summed E-state index contributed by atoms with van der Waals surface area (Å²) in [5, 5.41) is 1.10. The molecule has 1 aromatic carbocycles. The molecular weight excluding hydrogens is 506 g/mol. The monoisotopic (exact) mass is 533 g/mol. The van der Waals surface area contributed by atoms with E-state index in [0.717, 1.165) is 5.01 Å². The van der Waals surface area contributed by atoms with Crippen LogP contribution in [0.25, 0.3) is 11.0 Å². The second-order valence-corrected chi connectivity index (χ2v) is 9.58. The number of hydrogen-bond acceptors (Lipinski definition) is 7. The number of pyridine rings is 1. The summed E-state index contributed by atoms with van der Waals surface area (Å²) in [6.07, 6.45) is 0.0508. The van der Waals surface area contributed by atoms with Gasteiger partial charge >= 0.3 is 0 Å². The first kappa shape index (κ1) is 26.0. The van der Waals surface area contributed by atoms with Gasteiger partial charge < -0.3 is 9.88 Å². The van der Waals surface area contributed by atoms with Crippen molar-refractivity contribution < 1.29 is 22.4 Å². The first-order chi connectivity index (χ1) is 18.1. The molecule has 13 heteroatoms. The number of aromatic amines is 1. The van der Waals surface area contributed by atoms with E-state index in [-0.39, 0.29) is 41.1 Å². The number of hydrogen-bond donors (Lipinski definition) is 2. The lowest BCUT2D eigenvalue weighted by Crippen LogP contribution is -2.46. The quantitative estimate of drug-likeness (QED) is 0.371. The van der Waals surface area contributed by atoms with Gasteiger partial charge in [-0.25, -0.2) is 28.1 Å². The molecule has 0 unspecified atom stereocenters. The predicted octanol–water partition coefficient (Wildman–Crippen LogP) is 2.47. The number of aryl methyl sites for hydroxylation is 1. The minimum atomic E-state index is -2.87. The summed E-state index contributed by atoms with van der Waals surface area (Å²) in [6, 6.07) is 5.95. The molecule has 0 aliphatic carbocycles. The van der Waals surface area contributed by atoms with E-state index in [1.54, 1.807) is 17.9 Å². The van der Waals surface area contributed by atoms with Crippen LogP contribution in [0.5, 0.6) is 0 Å². The fourth-order valence-corrected chi connectivity index (χ4v) is 4.80. The van der Waals surface area contributed by atoms with Gasteiger partial charge in [0.1, 0.15) is 16.9 Å². The Morgan fingerprint density at radius 2 is 1.87 bits per heavy atom. The molecule has 0 spiro atoms. The zero-order valence-corrected chi connectivity index (χ0v) is 20.7. The van der Waals surface area contributed by atoms with E-state index >= 15 is 0 Å². The van der Waals surface area contributed by atoms with Crippen LogP contribution < -0.4 is 15.9 Å². The molecule has 0 bridgehead atoms. The van der Waals surface area contributed by atoms with Crippen LogP contribution in [-0.4, -0.2) is 76.0 Å². The Balaban J connectivity index is 1.20. The van der Waals surface area contributed by atoms with E-state index in [1.165, 1.54) is 18.2 Å². The standard InChI is InChI=1S/C25H27F4N7O2/c1-2-17-23(37)32-19-12-15(11-16(26)21(19)30-17)13-34-7-9-35(10-8-34)20-4-3-18(31-22(20)27)24(38)33-36-6-5-25(28,29)14-36/h3-4,11-12H,2,5-10,13-14H2,1H3,(H,32,37)(H,33,38). The summed E-state index contributed by atoms with van der Waals surface area (Å²) in [5.41, 5.74) is 3.50. The van der Waals surface area contributed by atoms with Crippen LogP contribution in [0.2, 0.25) is 0 Å². The molecule has 3 aromatic rings. The van der Waals surface area contributed by atoms with Crippen LogP contribution in [-0.2, 0) is 13.0 Å². The Hall–Kier alpha value is -3.58. The minimum Gasteiger partial charge on any atom is -0.365 e. The molecule has 0 saturated carbocycles. The summed E-state index contributed by atoms with van der Waals surface area (Å²) in [5.74, 6) is -4.94. The number of halogens is 4. The van der Waals surface area contributed by atoms with E-state index in [0.29, 0.717) is 50.2 Å². The van der Waals surface area contributed by atoms with Crippen molar-refractivity contribution in [3.63, 3.8) is 0 Å². The van der Waals surface area contributed by atoms with Gasteiger partial charge in [0.2, 0.25) is 5.95 Å². The second-order valence-electron chi connectivity index (χ2n) is 9.58. The van der Waals surface area contributed by atoms with Crippen LogP contribution in [0.15, 0.2) is 29.1 Å². The van der Waals surface area contributed by atoms with Gasteiger partial charge in [-0.1, -0.05) is 6.92 Å². The number of benzene rings is 1. The van der Waals surface area contributed by atoms with Crippen molar-refractivity contribution in [2.45, 2.75) is 32.2 Å². The van der Waals surface area contributed by atoms with Crippen LogP contribution >= 0.6 is 0 Å². The number of aromatic nitrogens is 3. The Morgan fingerprint density at radius 3 is 2.53 bits per heavy atom. The molecule has 2 aliphatic heterocycles. The third-order valence-electron chi connectivity index (χ3n) is 6.83. The molecule has 2 saturated heterocycles. The summed E-state index contributed by atoms with van der Waals surface area (Å²) >= 11 is 0. The number of carbonyl (C=O) groups excluding carboxylic acids is 1. The molecule has 0 atom stereocenters. The Morgan fingerprint density at radius 1 is 1.11 bits per heavy atom. The van der Waals surface area contributed by atoms with Crippen molar-refractivity contribution in [1.29, 1.82) is 0 Å². The van der Waals surface area contributed by atoms with Crippen molar-refractivity contribution in [1.82, 2.24) is 30.3 Å². The van der Waals surface area contributed by atoms with Crippen molar-refractivity contribution in [2.24, 2.45) is 0 Å². The van der Waals surface area contributed by atoms with Crippen molar-refractivity contribution in [2.75, 3.05) is 44.2 Å². The highest BCUT2D eigenvalue weighted by Gasteiger charge is 2.39.